The molecule has 3 aromatic rings. The lowest BCUT2D eigenvalue weighted by molar-refractivity contribution is 0.414. The average Bonchev–Trinajstić information content (AvgIpc) is 3.10. The van der Waals surface area contributed by atoms with Gasteiger partial charge in [-0.15, -0.1) is 11.3 Å². The summed E-state index contributed by atoms with van der Waals surface area (Å²) in [5, 5.41) is 12.1. The fourth-order valence-corrected chi connectivity index (χ4v) is 2.89. The molecule has 3 rings (SSSR count). The molecule has 2 heterocycles. The third-order valence-corrected chi connectivity index (χ3v) is 4.11. The molecule has 2 aromatic heterocycles. The Morgan fingerprint density at radius 2 is 2.09 bits per heavy atom. The molecule has 0 radical (unpaired) electrons. The van der Waals surface area contributed by atoms with Gasteiger partial charge in [-0.05, 0) is 35.9 Å². The molecule has 0 saturated carbocycles. The van der Waals surface area contributed by atoms with Crippen LogP contribution < -0.4 is 4.74 Å². The Labute approximate surface area is 138 Å². The van der Waals surface area contributed by atoms with Crippen LogP contribution in [0.25, 0.3) is 22.9 Å². The Bertz CT molecular complexity index is 879. The SMILES string of the molecule is COc1cccc(/C=C(/C#N)c2nc(-c3ccncc3)cs2)c1. The maximum absolute atomic E-state index is 9.45. The summed E-state index contributed by atoms with van der Waals surface area (Å²) in [6, 6.07) is 13.6. The first kappa shape index (κ1) is 14.9. The molecular formula is C18H13N3OS. The summed E-state index contributed by atoms with van der Waals surface area (Å²) >= 11 is 1.45. The van der Waals surface area contributed by atoms with Gasteiger partial charge in [-0.2, -0.15) is 5.26 Å². The van der Waals surface area contributed by atoms with Crippen LogP contribution in [0.1, 0.15) is 10.6 Å². The summed E-state index contributed by atoms with van der Waals surface area (Å²) in [6.45, 7) is 0. The van der Waals surface area contributed by atoms with Crippen molar-refractivity contribution in [2.45, 2.75) is 0 Å². The van der Waals surface area contributed by atoms with E-state index in [1.54, 1.807) is 19.5 Å². The van der Waals surface area contributed by atoms with Crippen LogP contribution >= 0.6 is 11.3 Å². The monoisotopic (exact) mass is 319 g/mol. The Hall–Kier alpha value is -2.97. The van der Waals surface area contributed by atoms with E-state index in [-0.39, 0.29) is 0 Å². The van der Waals surface area contributed by atoms with Gasteiger partial charge in [0.25, 0.3) is 0 Å². The minimum atomic E-state index is 0.531. The van der Waals surface area contributed by atoms with Crippen LogP contribution in [-0.4, -0.2) is 17.1 Å². The van der Waals surface area contributed by atoms with Gasteiger partial charge in [0, 0.05) is 23.3 Å². The molecule has 0 aliphatic rings. The predicted molar refractivity (Wildman–Crippen MR) is 91.8 cm³/mol. The lowest BCUT2D eigenvalue weighted by atomic mass is 10.1. The van der Waals surface area contributed by atoms with Crippen LogP contribution in [-0.2, 0) is 0 Å². The second kappa shape index (κ2) is 6.86. The van der Waals surface area contributed by atoms with Gasteiger partial charge < -0.3 is 4.74 Å². The lowest BCUT2D eigenvalue weighted by Crippen LogP contribution is -1.85. The first-order chi connectivity index (χ1) is 11.3. The second-order valence-corrected chi connectivity index (χ2v) is 5.58. The molecule has 112 valence electrons. The Kier molecular flexibility index (Phi) is 4.46. The number of thiazole rings is 1. The van der Waals surface area contributed by atoms with Gasteiger partial charge in [0.15, 0.2) is 0 Å². The van der Waals surface area contributed by atoms with Gasteiger partial charge in [0.05, 0.1) is 18.4 Å². The van der Waals surface area contributed by atoms with Crippen LogP contribution in [0.4, 0.5) is 0 Å². The molecule has 23 heavy (non-hydrogen) atoms. The van der Waals surface area contributed by atoms with E-state index in [1.165, 1.54) is 11.3 Å². The van der Waals surface area contributed by atoms with Gasteiger partial charge in [0.2, 0.25) is 0 Å². The van der Waals surface area contributed by atoms with Crippen molar-refractivity contribution in [2.24, 2.45) is 0 Å². The number of rotatable bonds is 4. The van der Waals surface area contributed by atoms with Crippen molar-refractivity contribution >= 4 is 23.0 Å². The van der Waals surface area contributed by atoms with E-state index in [4.69, 9.17) is 4.74 Å². The highest BCUT2D eigenvalue weighted by molar-refractivity contribution is 7.11. The van der Waals surface area contributed by atoms with Gasteiger partial charge in [-0.25, -0.2) is 4.98 Å². The van der Waals surface area contributed by atoms with Gasteiger partial charge in [-0.3, -0.25) is 4.98 Å². The quantitative estimate of drug-likeness (QED) is 0.674. The molecule has 0 amide bonds. The Morgan fingerprint density at radius 1 is 1.26 bits per heavy atom. The predicted octanol–water partition coefficient (Wildman–Crippen LogP) is 4.28. The van der Waals surface area contributed by atoms with Crippen molar-refractivity contribution in [3.05, 3.63) is 64.7 Å². The first-order valence-electron chi connectivity index (χ1n) is 6.92. The molecule has 0 saturated heterocycles. The fraction of sp³-hybridized carbons (Fsp3) is 0.0556. The molecule has 0 unspecified atom stereocenters. The maximum atomic E-state index is 9.45. The summed E-state index contributed by atoms with van der Waals surface area (Å²) in [4.78, 5) is 8.56. The van der Waals surface area contributed by atoms with E-state index in [9.17, 15) is 5.26 Å². The summed E-state index contributed by atoms with van der Waals surface area (Å²) in [7, 11) is 1.62. The number of hydrogen-bond acceptors (Lipinski definition) is 5. The highest BCUT2D eigenvalue weighted by Gasteiger charge is 2.09. The number of nitrogens with zero attached hydrogens (tertiary/aromatic N) is 3. The number of methoxy groups -OCH3 is 1. The lowest BCUT2D eigenvalue weighted by Gasteiger charge is -2.00. The highest BCUT2D eigenvalue weighted by atomic mass is 32.1. The number of aromatic nitrogens is 2. The van der Waals surface area contributed by atoms with Crippen LogP contribution in [0.2, 0.25) is 0 Å². The van der Waals surface area contributed by atoms with Crippen LogP contribution in [0, 0.1) is 11.3 Å². The van der Waals surface area contributed by atoms with E-state index < -0.39 is 0 Å². The van der Waals surface area contributed by atoms with Gasteiger partial charge >= 0.3 is 0 Å². The van der Waals surface area contributed by atoms with Crippen molar-refractivity contribution in [3.63, 3.8) is 0 Å². The zero-order valence-corrected chi connectivity index (χ0v) is 13.2. The number of hydrogen-bond donors (Lipinski definition) is 0. The normalized spacial score (nSPS) is 11.0. The van der Waals surface area contributed by atoms with E-state index >= 15 is 0 Å². The average molecular weight is 319 g/mol. The van der Waals surface area contributed by atoms with E-state index in [1.807, 2.05) is 47.9 Å². The minimum absolute atomic E-state index is 0.531. The summed E-state index contributed by atoms with van der Waals surface area (Å²) in [5.74, 6) is 0.757. The van der Waals surface area contributed by atoms with Crippen LogP contribution in [0.5, 0.6) is 5.75 Å². The molecule has 0 aliphatic heterocycles. The van der Waals surface area contributed by atoms with E-state index in [2.05, 4.69) is 16.0 Å². The zero-order chi connectivity index (χ0) is 16.1. The third-order valence-electron chi connectivity index (χ3n) is 3.24. The molecule has 0 fully saturated rings. The van der Waals surface area contributed by atoms with E-state index in [0.29, 0.717) is 10.6 Å². The number of benzene rings is 1. The van der Waals surface area contributed by atoms with Crippen molar-refractivity contribution in [1.82, 2.24) is 9.97 Å². The fourth-order valence-electron chi connectivity index (χ4n) is 2.09. The third kappa shape index (κ3) is 3.44. The number of nitriles is 1. The van der Waals surface area contributed by atoms with Gasteiger partial charge in [-0.1, -0.05) is 12.1 Å². The summed E-state index contributed by atoms with van der Waals surface area (Å²) in [5.41, 5.74) is 3.27. The maximum Gasteiger partial charge on any atom is 0.134 e. The number of allylic oxidation sites excluding steroid dienone is 1. The molecule has 1 aromatic carbocycles. The molecule has 0 atom stereocenters. The topological polar surface area (TPSA) is 58.8 Å². The summed E-state index contributed by atoms with van der Waals surface area (Å²) in [6.07, 6.45) is 5.27. The zero-order valence-electron chi connectivity index (χ0n) is 12.4. The van der Waals surface area contributed by atoms with Crippen molar-refractivity contribution < 1.29 is 4.74 Å². The van der Waals surface area contributed by atoms with Gasteiger partial charge in [0.1, 0.15) is 16.8 Å². The first-order valence-corrected chi connectivity index (χ1v) is 7.80. The van der Waals surface area contributed by atoms with Crippen molar-refractivity contribution in [2.75, 3.05) is 7.11 Å². The molecule has 0 aliphatic carbocycles. The van der Waals surface area contributed by atoms with Crippen LogP contribution in [0.15, 0.2) is 54.2 Å². The largest absolute Gasteiger partial charge is 0.497 e. The Morgan fingerprint density at radius 3 is 2.83 bits per heavy atom. The smallest absolute Gasteiger partial charge is 0.134 e. The standard InChI is InChI=1S/C18H13N3OS/c1-22-16-4-2-3-13(10-16)9-15(11-19)18-21-17(12-23-18)14-5-7-20-8-6-14/h2-10,12H,1H3/b15-9-. The van der Waals surface area contributed by atoms with Crippen molar-refractivity contribution in [3.8, 4) is 23.1 Å². The van der Waals surface area contributed by atoms with Crippen LogP contribution in [0.3, 0.4) is 0 Å². The molecule has 5 heteroatoms. The molecule has 0 N–H and O–H groups in total. The molecular weight excluding hydrogens is 306 g/mol. The second-order valence-electron chi connectivity index (χ2n) is 4.72. The highest BCUT2D eigenvalue weighted by Crippen LogP contribution is 2.27. The molecule has 0 bridgehead atoms. The minimum Gasteiger partial charge on any atom is -0.497 e. The molecule has 4 nitrogen and oxygen atoms in total. The van der Waals surface area contributed by atoms with E-state index in [0.717, 1.165) is 22.6 Å². The molecule has 0 spiro atoms. The number of pyridine rings is 1. The number of ether oxygens (including phenoxy) is 1. The van der Waals surface area contributed by atoms with Crippen molar-refractivity contribution in [1.29, 1.82) is 5.26 Å². The summed E-state index contributed by atoms with van der Waals surface area (Å²) < 4.78 is 5.21. The Balaban J connectivity index is 1.94.